The molecule has 0 aliphatic carbocycles. The van der Waals surface area contributed by atoms with Crippen LogP contribution in [0.1, 0.15) is 0 Å². The van der Waals surface area contributed by atoms with Crippen molar-refractivity contribution < 1.29 is 0 Å². The van der Waals surface area contributed by atoms with E-state index in [1.807, 2.05) is 24.5 Å². The zero-order valence-corrected chi connectivity index (χ0v) is 27.6. The Kier molecular flexibility index (Phi) is 6.78. The number of benzene rings is 7. The van der Waals surface area contributed by atoms with Crippen LogP contribution in [0.4, 0.5) is 0 Å². The summed E-state index contributed by atoms with van der Waals surface area (Å²) < 4.78 is 2.13. The Morgan fingerprint density at radius 1 is 0.392 bits per heavy atom. The summed E-state index contributed by atoms with van der Waals surface area (Å²) in [6, 6.07) is 60.1. The van der Waals surface area contributed by atoms with Gasteiger partial charge in [-0.1, -0.05) is 133 Å². The van der Waals surface area contributed by atoms with Crippen molar-refractivity contribution in [3.63, 3.8) is 0 Å². The van der Waals surface area contributed by atoms with E-state index in [9.17, 15) is 0 Å². The molecule has 0 saturated carbocycles. The molecule has 0 radical (unpaired) electrons. The maximum atomic E-state index is 5.37. The van der Waals surface area contributed by atoms with Crippen LogP contribution >= 0.6 is 0 Å². The zero-order valence-electron chi connectivity index (χ0n) is 27.6. The molecule has 0 aliphatic heterocycles. The summed E-state index contributed by atoms with van der Waals surface area (Å²) in [6.45, 7) is 0. The van der Waals surface area contributed by atoms with Crippen LogP contribution in [-0.4, -0.2) is 19.7 Å². The second-order valence-corrected chi connectivity index (χ2v) is 12.9. The molecule has 7 aromatic carbocycles. The van der Waals surface area contributed by atoms with Crippen molar-refractivity contribution in [1.29, 1.82) is 0 Å². The predicted octanol–water partition coefficient (Wildman–Crippen LogP) is 11.9. The molecule has 3 heterocycles. The van der Waals surface area contributed by atoms with E-state index in [2.05, 4.69) is 167 Å². The third kappa shape index (κ3) is 4.88. The Labute approximate surface area is 294 Å². The first-order valence-electron chi connectivity index (χ1n) is 17.2. The van der Waals surface area contributed by atoms with Gasteiger partial charge in [-0.15, -0.1) is 0 Å². The first-order chi connectivity index (χ1) is 25.3. The average molecular weight is 651 g/mol. The van der Waals surface area contributed by atoms with E-state index in [1.165, 1.54) is 21.9 Å². The highest BCUT2D eigenvalue weighted by Gasteiger charge is 2.21. The molecule has 4 nitrogen and oxygen atoms in total. The first-order valence-corrected chi connectivity index (χ1v) is 17.2. The fourth-order valence-electron chi connectivity index (χ4n) is 7.47. The number of rotatable bonds is 5. The van der Waals surface area contributed by atoms with Gasteiger partial charge in [0.05, 0.1) is 22.2 Å². The third-order valence-corrected chi connectivity index (χ3v) is 9.90. The molecule has 10 rings (SSSR count). The summed E-state index contributed by atoms with van der Waals surface area (Å²) in [6.07, 6.45) is 3.67. The van der Waals surface area contributed by atoms with E-state index in [1.54, 1.807) is 0 Å². The molecule has 0 atom stereocenters. The van der Waals surface area contributed by atoms with Crippen LogP contribution < -0.4 is 0 Å². The quantitative estimate of drug-likeness (QED) is 0.174. The number of pyridine rings is 2. The Bertz CT molecular complexity index is 2880. The van der Waals surface area contributed by atoms with Gasteiger partial charge in [-0.3, -0.25) is 9.97 Å². The van der Waals surface area contributed by atoms with Gasteiger partial charge >= 0.3 is 0 Å². The molecule has 0 fully saturated rings. The fourth-order valence-corrected chi connectivity index (χ4v) is 7.47. The SMILES string of the molecule is c1ccc(-c2cc3ccccc3c3c2c(-c2ccccc2)nn3-c2ccc(-c3ccc(-c4cc5cccnc5c5ncccc45)cc3)cc2)cc1. The number of fused-ring (bicyclic) bond motifs is 6. The van der Waals surface area contributed by atoms with Gasteiger partial charge in [0.25, 0.3) is 0 Å². The molecule has 238 valence electrons. The summed E-state index contributed by atoms with van der Waals surface area (Å²) in [4.78, 5) is 9.32. The van der Waals surface area contributed by atoms with Crippen LogP contribution in [-0.2, 0) is 0 Å². The van der Waals surface area contributed by atoms with Crippen LogP contribution in [0.25, 0.3) is 93.8 Å². The van der Waals surface area contributed by atoms with Gasteiger partial charge in [-0.2, -0.15) is 5.10 Å². The van der Waals surface area contributed by atoms with Crippen LogP contribution in [0.3, 0.4) is 0 Å². The Balaban J connectivity index is 1.09. The van der Waals surface area contributed by atoms with Gasteiger partial charge in [-0.25, -0.2) is 4.68 Å². The topological polar surface area (TPSA) is 43.6 Å². The largest absolute Gasteiger partial charge is 0.254 e. The summed E-state index contributed by atoms with van der Waals surface area (Å²) in [7, 11) is 0. The molecule has 0 saturated heterocycles. The molecular weight excluding hydrogens is 621 g/mol. The highest BCUT2D eigenvalue weighted by atomic mass is 15.3. The van der Waals surface area contributed by atoms with E-state index >= 15 is 0 Å². The maximum Gasteiger partial charge on any atom is 0.101 e. The summed E-state index contributed by atoms with van der Waals surface area (Å²) in [5.74, 6) is 0. The number of hydrogen-bond acceptors (Lipinski definition) is 3. The van der Waals surface area contributed by atoms with Gasteiger partial charge in [0.2, 0.25) is 0 Å². The van der Waals surface area contributed by atoms with Gasteiger partial charge in [0, 0.05) is 39.5 Å². The van der Waals surface area contributed by atoms with E-state index in [-0.39, 0.29) is 0 Å². The predicted molar refractivity (Wildman–Crippen MR) is 211 cm³/mol. The summed E-state index contributed by atoms with van der Waals surface area (Å²) in [5.41, 5.74) is 13.0. The monoisotopic (exact) mass is 650 g/mol. The first kappa shape index (κ1) is 29.0. The smallest absolute Gasteiger partial charge is 0.101 e. The van der Waals surface area contributed by atoms with E-state index in [4.69, 9.17) is 10.1 Å². The molecule has 51 heavy (non-hydrogen) atoms. The molecule has 3 aromatic heterocycles. The van der Waals surface area contributed by atoms with Gasteiger partial charge in [0.15, 0.2) is 0 Å². The van der Waals surface area contributed by atoms with Gasteiger partial charge in [0.1, 0.15) is 5.69 Å². The fraction of sp³-hybridized carbons (Fsp3) is 0. The van der Waals surface area contributed by atoms with Gasteiger partial charge in [-0.05, 0) is 75.2 Å². The lowest BCUT2D eigenvalue weighted by atomic mass is 9.94. The van der Waals surface area contributed by atoms with Crippen molar-refractivity contribution in [3.05, 3.63) is 182 Å². The Morgan fingerprint density at radius 3 is 1.71 bits per heavy atom. The molecule has 0 unspecified atom stereocenters. The van der Waals surface area contributed by atoms with Crippen molar-refractivity contribution in [2.45, 2.75) is 0 Å². The van der Waals surface area contributed by atoms with Crippen molar-refractivity contribution in [2.75, 3.05) is 0 Å². The summed E-state index contributed by atoms with van der Waals surface area (Å²) >= 11 is 0. The molecule has 0 spiro atoms. The van der Waals surface area contributed by atoms with Crippen LogP contribution in [0, 0.1) is 0 Å². The number of aromatic nitrogens is 4. The van der Waals surface area contributed by atoms with Crippen molar-refractivity contribution >= 4 is 43.5 Å². The van der Waals surface area contributed by atoms with Crippen molar-refractivity contribution in [3.8, 4) is 50.3 Å². The molecule has 0 aliphatic rings. The molecule has 0 amide bonds. The van der Waals surface area contributed by atoms with E-state index in [0.717, 1.165) is 71.9 Å². The average Bonchev–Trinajstić information content (AvgIpc) is 3.62. The molecule has 0 N–H and O–H groups in total. The molecule has 0 bridgehead atoms. The van der Waals surface area contributed by atoms with E-state index in [0.29, 0.717) is 0 Å². The molecule has 4 heteroatoms. The van der Waals surface area contributed by atoms with Gasteiger partial charge < -0.3 is 0 Å². The Hall–Kier alpha value is -6.91. The second-order valence-electron chi connectivity index (χ2n) is 12.9. The minimum absolute atomic E-state index is 0.926. The van der Waals surface area contributed by atoms with Crippen LogP contribution in [0.2, 0.25) is 0 Å². The Morgan fingerprint density at radius 2 is 0.941 bits per heavy atom. The maximum absolute atomic E-state index is 5.37. The lowest BCUT2D eigenvalue weighted by Gasteiger charge is -2.12. The highest BCUT2D eigenvalue weighted by molar-refractivity contribution is 6.17. The normalized spacial score (nSPS) is 11.5. The lowest BCUT2D eigenvalue weighted by Crippen LogP contribution is -1.97. The number of hydrogen-bond donors (Lipinski definition) is 0. The zero-order chi connectivity index (χ0) is 33.7. The molecular formula is C47H30N4. The standard InChI is InChI=1S/C47H30N4/c1-3-11-33(12-4-1)42-29-36-15-7-8-17-39(36)47-43(42)44(35-13-5-2-6-14-35)50-51(47)38-25-23-32(24-26-38)31-19-21-34(22-20-31)41-30-37-16-9-27-48-45(37)46-40(41)18-10-28-49-46/h1-30H. The lowest BCUT2D eigenvalue weighted by molar-refractivity contribution is 0.918. The van der Waals surface area contributed by atoms with Crippen LogP contribution in [0.15, 0.2) is 182 Å². The molecule has 10 aromatic rings. The minimum atomic E-state index is 0.926. The van der Waals surface area contributed by atoms with E-state index < -0.39 is 0 Å². The third-order valence-electron chi connectivity index (χ3n) is 9.90. The van der Waals surface area contributed by atoms with Crippen LogP contribution in [0.5, 0.6) is 0 Å². The van der Waals surface area contributed by atoms with Crippen molar-refractivity contribution in [1.82, 2.24) is 19.7 Å². The highest BCUT2D eigenvalue weighted by Crippen LogP contribution is 2.42. The summed E-state index contributed by atoms with van der Waals surface area (Å²) in [5, 5.41) is 11.1. The van der Waals surface area contributed by atoms with Crippen molar-refractivity contribution in [2.24, 2.45) is 0 Å². The minimum Gasteiger partial charge on any atom is -0.254 e. The second kappa shape index (κ2) is 11.9. The number of nitrogens with zero attached hydrogens (tertiary/aromatic N) is 4.